The number of hydrogen-bond acceptors (Lipinski definition) is 6. The second kappa shape index (κ2) is 7.11. The molecule has 8 heteroatoms. The van der Waals surface area contributed by atoms with Crippen LogP contribution < -0.4 is 20.1 Å². The van der Waals surface area contributed by atoms with Gasteiger partial charge in [-0.15, -0.1) is 12.4 Å². The molecule has 1 amide bonds. The van der Waals surface area contributed by atoms with Crippen LogP contribution in [0, 0.1) is 0 Å². The molecule has 2 aliphatic rings. The largest absolute Gasteiger partial charge is 0.480 e. The van der Waals surface area contributed by atoms with E-state index in [9.17, 15) is 4.79 Å². The summed E-state index contributed by atoms with van der Waals surface area (Å²) in [6.07, 6.45) is 5.62. The van der Waals surface area contributed by atoms with Gasteiger partial charge in [0.15, 0.2) is 5.56 Å². The lowest BCUT2D eigenvalue weighted by molar-refractivity contribution is 0.0916. The molecule has 0 spiro atoms. The minimum atomic E-state index is -0.240. The van der Waals surface area contributed by atoms with E-state index in [2.05, 4.69) is 20.6 Å². The number of methoxy groups -OCH3 is 2. The van der Waals surface area contributed by atoms with E-state index in [1.165, 1.54) is 33.4 Å². The number of fused-ring (bicyclic) bond motifs is 2. The van der Waals surface area contributed by atoms with Gasteiger partial charge in [-0.1, -0.05) is 0 Å². The quantitative estimate of drug-likeness (QED) is 0.855. The molecule has 0 radical (unpaired) electrons. The molecule has 2 atom stereocenters. The Morgan fingerprint density at radius 1 is 1.18 bits per heavy atom. The Morgan fingerprint density at radius 2 is 1.73 bits per heavy atom. The molecule has 2 N–H and O–H groups in total. The summed E-state index contributed by atoms with van der Waals surface area (Å²) < 4.78 is 10.3. The summed E-state index contributed by atoms with van der Waals surface area (Å²) in [7, 11) is 2.95. The Bertz CT molecular complexity index is 509. The van der Waals surface area contributed by atoms with E-state index in [0.29, 0.717) is 12.1 Å². The third-order valence-electron chi connectivity index (χ3n) is 4.20. The number of nitrogens with one attached hydrogen (secondary N) is 2. The molecule has 2 fully saturated rings. The highest BCUT2D eigenvalue weighted by Gasteiger charge is 2.35. The van der Waals surface area contributed by atoms with Crippen LogP contribution in [0.3, 0.4) is 0 Å². The van der Waals surface area contributed by atoms with E-state index in [-0.39, 0.29) is 41.7 Å². The molecule has 0 aromatic carbocycles. The second-order valence-electron chi connectivity index (χ2n) is 5.55. The van der Waals surface area contributed by atoms with Crippen molar-refractivity contribution in [3.63, 3.8) is 0 Å². The topological polar surface area (TPSA) is 85.4 Å². The Morgan fingerprint density at radius 3 is 2.23 bits per heavy atom. The summed E-state index contributed by atoms with van der Waals surface area (Å²) in [5.74, 6) is 0.225. The molecule has 22 heavy (non-hydrogen) atoms. The molecule has 2 bridgehead atoms. The van der Waals surface area contributed by atoms with Crippen LogP contribution in [-0.4, -0.2) is 48.2 Å². The predicted molar refractivity (Wildman–Crippen MR) is 82.8 cm³/mol. The van der Waals surface area contributed by atoms with Gasteiger partial charge in [-0.25, -0.2) is 9.97 Å². The van der Waals surface area contributed by atoms with Gasteiger partial charge in [-0.05, 0) is 25.7 Å². The number of halogens is 1. The second-order valence-corrected chi connectivity index (χ2v) is 5.55. The van der Waals surface area contributed by atoms with Gasteiger partial charge in [0.25, 0.3) is 5.91 Å². The fourth-order valence-corrected chi connectivity index (χ4v) is 3.29. The molecular formula is C14H21ClN4O3. The summed E-state index contributed by atoms with van der Waals surface area (Å²) >= 11 is 0. The van der Waals surface area contributed by atoms with Crippen LogP contribution in [-0.2, 0) is 0 Å². The van der Waals surface area contributed by atoms with E-state index in [1.54, 1.807) is 0 Å². The van der Waals surface area contributed by atoms with Crippen LogP contribution in [0.4, 0.5) is 0 Å². The fraction of sp³-hybridized carbons (Fsp3) is 0.643. The summed E-state index contributed by atoms with van der Waals surface area (Å²) in [6.45, 7) is 0. The number of nitrogens with zero attached hydrogens (tertiary/aromatic N) is 2. The van der Waals surface area contributed by atoms with Gasteiger partial charge in [0, 0.05) is 18.1 Å². The highest BCUT2D eigenvalue weighted by Crippen LogP contribution is 2.28. The van der Waals surface area contributed by atoms with E-state index in [1.807, 2.05) is 0 Å². The van der Waals surface area contributed by atoms with E-state index in [4.69, 9.17) is 9.47 Å². The maximum atomic E-state index is 12.5. The zero-order valence-electron chi connectivity index (χ0n) is 12.7. The van der Waals surface area contributed by atoms with Crippen molar-refractivity contribution in [1.29, 1.82) is 0 Å². The van der Waals surface area contributed by atoms with Crippen LogP contribution >= 0.6 is 12.4 Å². The van der Waals surface area contributed by atoms with E-state index in [0.717, 1.165) is 12.8 Å². The minimum Gasteiger partial charge on any atom is -0.480 e. The predicted octanol–water partition coefficient (Wildman–Crippen LogP) is 0.928. The molecule has 0 saturated carbocycles. The van der Waals surface area contributed by atoms with Crippen LogP contribution in [0.5, 0.6) is 11.8 Å². The molecule has 0 aliphatic carbocycles. The molecule has 3 heterocycles. The van der Waals surface area contributed by atoms with Gasteiger partial charge in [-0.2, -0.15) is 0 Å². The maximum Gasteiger partial charge on any atom is 0.262 e. The maximum absolute atomic E-state index is 12.5. The van der Waals surface area contributed by atoms with Crippen molar-refractivity contribution in [2.75, 3.05) is 14.2 Å². The number of carbonyl (C=O) groups is 1. The molecule has 1 aromatic rings. The SMILES string of the molecule is COc1ncnc(OC)c1C(=O)NC1CC2CCC(C1)N2.Cl. The highest BCUT2D eigenvalue weighted by molar-refractivity contribution is 5.98. The first-order chi connectivity index (χ1) is 10.2. The molecule has 2 aliphatic heterocycles. The number of ether oxygens (including phenoxy) is 2. The van der Waals surface area contributed by atoms with Gasteiger partial charge < -0.3 is 20.1 Å². The first-order valence-electron chi connectivity index (χ1n) is 7.21. The Hall–Kier alpha value is -1.60. The van der Waals surface area contributed by atoms with E-state index >= 15 is 0 Å². The van der Waals surface area contributed by atoms with Crippen molar-refractivity contribution in [2.24, 2.45) is 0 Å². The van der Waals surface area contributed by atoms with Gasteiger partial charge in [0.1, 0.15) is 6.33 Å². The Kier molecular flexibility index (Phi) is 5.42. The smallest absolute Gasteiger partial charge is 0.262 e. The van der Waals surface area contributed by atoms with Gasteiger partial charge >= 0.3 is 0 Å². The third-order valence-corrected chi connectivity index (χ3v) is 4.20. The zero-order chi connectivity index (χ0) is 14.8. The van der Waals surface area contributed by atoms with Gasteiger partial charge in [-0.3, -0.25) is 4.79 Å². The normalized spacial score (nSPS) is 26.0. The van der Waals surface area contributed by atoms with Crippen LogP contribution in [0.15, 0.2) is 6.33 Å². The van der Waals surface area contributed by atoms with Crippen LogP contribution in [0.2, 0.25) is 0 Å². The summed E-state index contributed by atoms with van der Waals surface area (Å²) in [5, 5.41) is 6.62. The molecule has 2 saturated heterocycles. The number of carbonyl (C=O) groups excluding carboxylic acids is 1. The van der Waals surface area contributed by atoms with Crippen molar-refractivity contribution in [2.45, 2.75) is 43.8 Å². The number of rotatable bonds is 4. The fourth-order valence-electron chi connectivity index (χ4n) is 3.29. The van der Waals surface area contributed by atoms with Gasteiger partial charge in [0.2, 0.25) is 11.8 Å². The third kappa shape index (κ3) is 3.25. The van der Waals surface area contributed by atoms with E-state index < -0.39 is 0 Å². The lowest BCUT2D eigenvalue weighted by Gasteiger charge is -2.29. The standard InChI is InChI=1S/C14H20N4O3.ClH/c1-20-13-11(14(21-2)16-7-15-13)12(19)18-10-5-8-3-4-9(6-10)17-8;/h7-10,17H,3-6H2,1-2H3,(H,18,19);1H. The lowest BCUT2D eigenvalue weighted by atomic mass is 9.99. The summed E-state index contributed by atoms with van der Waals surface area (Å²) in [6, 6.07) is 1.21. The zero-order valence-corrected chi connectivity index (χ0v) is 13.5. The molecule has 7 nitrogen and oxygen atoms in total. The van der Waals surface area contributed by atoms with Crippen molar-refractivity contribution >= 4 is 18.3 Å². The number of aromatic nitrogens is 2. The average molecular weight is 329 g/mol. The highest BCUT2D eigenvalue weighted by atomic mass is 35.5. The Balaban J connectivity index is 0.00000176. The number of hydrogen-bond donors (Lipinski definition) is 2. The van der Waals surface area contributed by atoms with Crippen LogP contribution in [0.1, 0.15) is 36.0 Å². The molecular weight excluding hydrogens is 308 g/mol. The molecule has 122 valence electrons. The minimum absolute atomic E-state index is 0. The summed E-state index contributed by atoms with van der Waals surface area (Å²) in [5.41, 5.74) is 0.258. The first-order valence-corrected chi connectivity index (χ1v) is 7.21. The average Bonchev–Trinajstić information content (AvgIpc) is 2.85. The summed E-state index contributed by atoms with van der Waals surface area (Å²) in [4.78, 5) is 20.5. The monoisotopic (exact) mass is 328 g/mol. The molecule has 1 aromatic heterocycles. The lowest BCUT2D eigenvalue weighted by Crippen LogP contribution is -2.48. The van der Waals surface area contributed by atoms with Gasteiger partial charge in [0.05, 0.1) is 14.2 Å². The van der Waals surface area contributed by atoms with Crippen LogP contribution in [0.25, 0.3) is 0 Å². The first kappa shape index (κ1) is 16.8. The van der Waals surface area contributed by atoms with Crippen molar-refractivity contribution in [3.05, 3.63) is 11.9 Å². The Labute approximate surface area is 135 Å². The van der Waals surface area contributed by atoms with Crippen molar-refractivity contribution < 1.29 is 14.3 Å². The molecule has 2 unspecified atom stereocenters. The molecule has 3 rings (SSSR count). The number of piperidine rings is 1. The number of amides is 1. The van der Waals surface area contributed by atoms with Crippen molar-refractivity contribution in [3.8, 4) is 11.8 Å². The van der Waals surface area contributed by atoms with Crippen molar-refractivity contribution in [1.82, 2.24) is 20.6 Å².